The lowest BCUT2D eigenvalue weighted by molar-refractivity contribution is 0.102. The Kier molecular flexibility index (Phi) is 3.27. The van der Waals surface area contributed by atoms with E-state index in [0.717, 1.165) is 33.6 Å². The maximum absolute atomic E-state index is 12.8. The molecule has 0 aliphatic rings. The van der Waals surface area contributed by atoms with Crippen molar-refractivity contribution in [2.45, 2.75) is 13.8 Å². The summed E-state index contributed by atoms with van der Waals surface area (Å²) >= 11 is 0. The molecule has 0 aliphatic carbocycles. The van der Waals surface area contributed by atoms with Gasteiger partial charge in [0.15, 0.2) is 0 Å². The lowest BCUT2D eigenvalue weighted by atomic mass is 10.1. The quantitative estimate of drug-likeness (QED) is 0.612. The molecule has 3 aromatic heterocycles. The molecule has 0 bridgehead atoms. The van der Waals surface area contributed by atoms with Crippen molar-refractivity contribution >= 4 is 28.1 Å². The van der Waals surface area contributed by atoms with Crippen molar-refractivity contribution in [1.29, 1.82) is 0 Å². The van der Waals surface area contributed by atoms with Crippen molar-refractivity contribution in [2.75, 3.05) is 5.32 Å². The molecule has 1 amide bonds. The van der Waals surface area contributed by atoms with Gasteiger partial charge in [-0.15, -0.1) is 0 Å². The van der Waals surface area contributed by atoms with Gasteiger partial charge in [0.25, 0.3) is 5.91 Å². The summed E-state index contributed by atoms with van der Waals surface area (Å²) in [5.41, 5.74) is 4.79. The molecule has 0 unspecified atom stereocenters. The molecule has 1 N–H and O–H groups in total. The molecule has 0 saturated heterocycles. The fourth-order valence-electron chi connectivity index (χ4n) is 2.89. The number of hydrogen-bond acceptors (Lipinski definition) is 3. The third kappa shape index (κ3) is 2.50. The van der Waals surface area contributed by atoms with Gasteiger partial charge in [0.05, 0.1) is 22.5 Å². The topological polar surface area (TPSA) is 59.3 Å². The number of imidazole rings is 1. The summed E-state index contributed by atoms with van der Waals surface area (Å²) in [6, 6.07) is 13.2. The Hall–Kier alpha value is -3.21. The first-order valence-corrected chi connectivity index (χ1v) is 7.73. The van der Waals surface area contributed by atoms with Crippen LogP contribution in [0.1, 0.15) is 21.7 Å². The van der Waals surface area contributed by atoms with Crippen molar-refractivity contribution in [2.24, 2.45) is 0 Å². The molecule has 0 radical (unpaired) electrons. The van der Waals surface area contributed by atoms with Gasteiger partial charge >= 0.3 is 0 Å². The number of anilines is 1. The molecule has 0 fully saturated rings. The molecule has 0 aliphatic heterocycles. The fraction of sp³-hybridized carbons (Fsp3) is 0.105. The van der Waals surface area contributed by atoms with Crippen molar-refractivity contribution in [3.63, 3.8) is 0 Å². The SMILES string of the molecule is Cc1cc(C(=O)Nc2ccc3nc(C)cn3c2)c2ccccc2n1. The first-order chi connectivity index (χ1) is 11.6. The standard InChI is InChI=1S/C19H16N4O/c1-12-9-16(15-5-3-4-6-17(15)20-12)19(24)22-14-7-8-18-21-13(2)10-23(18)11-14/h3-11H,1-2H3,(H,22,24). The predicted octanol–water partition coefficient (Wildman–Crippen LogP) is 3.75. The fourth-order valence-corrected chi connectivity index (χ4v) is 2.89. The zero-order valence-electron chi connectivity index (χ0n) is 13.4. The Bertz CT molecular complexity index is 1080. The van der Waals surface area contributed by atoms with E-state index in [2.05, 4.69) is 15.3 Å². The Morgan fingerprint density at radius 1 is 1.00 bits per heavy atom. The summed E-state index contributed by atoms with van der Waals surface area (Å²) in [7, 11) is 0. The van der Waals surface area contributed by atoms with Gasteiger partial charge in [0.2, 0.25) is 0 Å². The van der Waals surface area contributed by atoms with Crippen LogP contribution < -0.4 is 5.32 Å². The second-order valence-electron chi connectivity index (χ2n) is 5.85. The number of aryl methyl sites for hydroxylation is 2. The highest BCUT2D eigenvalue weighted by atomic mass is 16.1. The first kappa shape index (κ1) is 14.4. The molecule has 5 heteroatoms. The highest BCUT2D eigenvalue weighted by Gasteiger charge is 2.12. The Morgan fingerprint density at radius 3 is 2.71 bits per heavy atom. The summed E-state index contributed by atoms with van der Waals surface area (Å²) in [5.74, 6) is -0.145. The van der Waals surface area contributed by atoms with E-state index in [-0.39, 0.29) is 5.91 Å². The van der Waals surface area contributed by atoms with Gasteiger partial charge in [-0.1, -0.05) is 18.2 Å². The van der Waals surface area contributed by atoms with Crippen LogP contribution in [0.15, 0.2) is 54.9 Å². The largest absolute Gasteiger partial charge is 0.321 e. The molecule has 1 aromatic carbocycles. The average Bonchev–Trinajstić information content (AvgIpc) is 2.93. The van der Waals surface area contributed by atoms with Crippen molar-refractivity contribution in [3.8, 4) is 0 Å². The summed E-state index contributed by atoms with van der Waals surface area (Å²) in [4.78, 5) is 21.6. The minimum Gasteiger partial charge on any atom is -0.321 e. The molecule has 3 heterocycles. The molecule has 5 nitrogen and oxygen atoms in total. The summed E-state index contributed by atoms with van der Waals surface area (Å²) < 4.78 is 1.90. The van der Waals surface area contributed by atoms with Crippen LogP contribution >= 0.6 is 0 Å². The van der Waals surface area contributed by atoms with Crippen LogP contribution in [0.4, 0.5) is 5.69 Å². The molecule has 0 atom stereocenters. The number of aromatic nitrogens is 3. The van der Waals surface area contributed by atoms with E-state index in [1.54, 1.807) is 0 Å². The number of para-hydroxylation sites is 1. The van der Waals surface area contributed by atoms with Crippen LogP contribution in [-0.2, 0) is 0 Å². The minimum absolute atomic E-state index is 0.145. The average molecular weight is 316 g/mol. The predicted molar refractivity (Wildman–Crippen MR) is 94.4 cm³/mol. The third-order valence-corrected chi connectivity index (χ3v) is 3.92. The second-order valence-corrected chi connectivity index (χ2v) is 5.85. The van der Waals surface area contributed by atoms with E-state index in [9.17, 15) is 4.79 Å². The zero-order valence-corrected chi connectivity index (χ0v) is 13.4. The number of carbonyl (C=O) groups is 1. The van der Waals surface area contributed by atoms with Gasteiger partial charge in [-0.25, -0.2) is 4.98 Å². The van der Waals surface area contributed by atoms with Crippen molar-refractivity contribution in [1.82, 2.24) is 14.4 Å². The molecule has 24 heavy (non-hydrogen) atoms. The van der Waals surface area contributed by atoms with Crippen LogP contribution in [0.25, 0.3) is 16.6 Å². The summed E-state index contributed by atoms with van der Waals surface area (Å²) in [6.45, 7) is 3.83. The summed E-state index contributed by atoms with van der Waals surface area (Å²) in [6.07, 6.45) is 3.79. The van der Waals surface area contributed by atoms with Gasteiger partial charge in [-0.2, -0.15) is 0 Å². The van der Waals surface area contributed by atoms with Gasteiger partial charge in [-0.05, 0) is 38.1 Å². The van der Waals surface area contributed by atoms with E-state index >= 15 is 0 Å². The van der Waals surface area contributed by atoms with E-state index in [1.807, 2.05) is 73.1 Å². The van der Waals surface area contributed by atoms with E-state index in [1.165, 1.54) is 0 Å². The molecule has 0 spiro atoms. The number of benzene rings is 1. The number of nitrogens with zero attached hydrogens (tertiary/aromatic N) is 3. The zero-order chi connectivity index (χ0) is 16.7. The van der Waals surface area contributed by atoms with Crippen LogP contribution in [0.2, 0.25) is 0 Å². The Labute approximate surface area is 139 Å². The van der Waals surface area contributed by atoms with Crippen LogP contribution in [-0.4, -0.2) is 20.3 Å². The van der Waals surface area contributed by atoms with Gasteiger partial charge < -0.3 is 9.72 Å². The molecular formula is C19H16N4O. The van der Waals surface area contributed by atoms with Crippen LogP contribution in [0, 0.1) is 13.8 Å². The monoisotopic (exact) mass is 316 g/mol. The van der Waals surface area contributed by atoms with Crippen molar-refractivity contribution in [3.05, 3.63) is 71.8 Å². The number of fused-ring (bicyclic) bond motifs is 2. The maximum atomic E-state index is 12.8. The van der Waals surface area contributed by atoms with Gasteiger partial charge in [0, 0.05) is 23.5 Å². The molecular weight excluding hydrogens is 300 g/mol. The van der Waals surface area contributed by atoms with Crippen LogP contribution in [0.3, 0.4) is 0 Å². The highest BCUT2D eigenvalue weighted by molar-refractivity contribution is 6.12. The lowest BCUT2D eigenvalue weighted by Crippen LogP contribution is -2.13. The smallest absolute Gasteiger partial charge is 0.256 e. The number of rotatable bonds is 2. The number of carbonyl (C=O) groups excluding carboxylic acids is 1. The Balaban J connectivity index is 1.73. The number of pyridine rings is 2. The van der Waals surface area contributed by atoms with E-state index < -0.39 is 0 Å². The highest BCUT2D eigenvalue weighted by Crippen LogP contribution is 2.20. The van der Waals surface area contributed by atoms with E-state index in [0.29, 0.717) is 5.56 Å². The lowest BCUT2D eigenvalue weighted by Gasteiger charge is -2.09. The normalized spacial score (nSPS) is 11.1. The number of nitrogens with one attached hydrogen (secondary N) is 1. The van der Waals surface area contributed by atoms with Crippen LogP contribution in [0.5, 0.6) is 0 Å². The minimum atomic E-state index is -0.145. The molecule has 118 valence electrons. The first-order valence-electron chi connectivity index (χ1n) is 7.73. The number of hydrogen-bond donors (Lipinski definition) is 1. The molecule has 4 aromatic rings. The Morgan fingerprint density at radius 2 is 1.83 bits per heavy atom. The third-order valence-electron chi connectivity index (χ3n) is 3.92. The summed E-state index contributed by atoms with van der Waals surface area (Å²) in [5, 5.41) is 3.81. The van der Waals surface area contributed by atoms with Gasteiger partial charge in [0.1, 0.15) is 5.65 Å². The molecule has 0 saturated carbocycles. The van der Waals surface area contributed by atoms with E-state index in [4.69, 9.17) is 0 Å². The van der Waals surface area contributed by atoms with Gasteiger partial charge in [-0.3, -0.25) is 9.78 Å². The second kappa shape index (κ2) is 5.45. The number of amides is 1. The maximum Gasteiger partial charge on any atom is 0.256 e. The van der Waals surface area contributed by atoms with Crippen molar-refractivity contribution < 1.29 is 4.79 Å². The molecule has 4 rings (SSSR count).